The number of hydrogen-bond donors (Lipinski definition) is 0. The normalized spacial score (nSPS) is 22.5. The average Bonchev–Trinajstić information content (AvgIpc) is 3.61. The van der Waals surface area contributed by atoms with Gasteiger partial charge in [-0.05, 0) is 63.7 Å². The number of nitrogens with zero attached hydrogens (tertiary/aromatic N) is 4. The number of methoxy groups -OCH3 is 1. The maximum Gasteiger partial charge on any atom is 0.329 e. The largest absolute Gasteiger partial charge is 0.497 e. The van der Waals surface area contributed by atoms with Gasteiger partial charge < -0.3 is 28.7 Å². The summed E-state index contributed by atoms with van der Waals surface area (Å²) in [4.78, 5) is 67.2. The molecule has 3 heterocycles. The van der Waals surface area contributed by atoms with Gasteiger partial charge in [-0.1, -0.05) is 40.3 Å². The van der Waals surface area contributed by atoms with E-state index in [0.29, 0.717) is 41.9 Å². The van der Waals surface area contributed by atoms with Crippen molar-refractivity contribution in [2.45, 2.75) is 117 Å². The van der Waals surface area contributed by atoms with E-state index in [4.69, 9.17) is 23.9 Å². The lowest BCUT2D eigenvalue weighted by Crippen LogP contribution is -2.50. The van der Waals surface area contributed by atoms with Gasteiger partial charge in [0, 0.05) is 31.9 Å². The van der Waals surface area contributed by atoms with Crippen LogP contribution in [0.1, 0.15) is 93.2 Å². The second kappa shape index (κ2) is 16.5. The van der Waals surface area contributed by atoms with Gasteiger partial charge >= 0.3 is 11.9 Å². The zero-order chi connectivity index (χ0) is 38.5. The Kier molecular flexibility index (Phi) is 12.8. The second-order valence-electron chi connectivity index (χ2n) is 15.9. The number of likely N-dealkylation sites (tertiary alicyclic amines) is 2. The minimum Gasteiger partial charge on any atom is -0.497 e. The molecular formula is C40H56N4O8. The van der Waals surface area contributed by atoms with Crippen molar-refractivity contribution >= 4 is 40.9 Å². The Balaban J connectivity index is 1.62. The highest BCUT2D eigenvalue weighted by atomic mass is 16.6. The molecule has 0 bridgehead atoms. The molecule has 0 N–H and O–H groups in total. The van der Waals surface area contributed by atoms with Gasteiger partial charge in [0.1, 0.15) is 35.3 Å². The van der Waals surface area contributed by atoms with Gasteiger partial charge in [-0.15, -0.1) is 6.58 Å². The highest BCUT2D eigenvalue weighted by Gasteiger charge is 2.51. The van der Waals surface area contributed by atoms with Crippen molar-refractivity contribution < 1.29 is 38.1 Å². The third-order valence-corrected chi connectivity index (χ3v) is 9.84. The van der Waals surface area contributed by atoms with E-state index in [2.05, 4.69) is 18.1 Å². The highest BCUT2D eigenvalue weighted by Crippen LogP contribution is 2.38. The summed E-state index contributed by atoms with van der Waals surface area (Å²) in [7, 11) is 1.57. The molecule has 284 valence electrons. The van der Waals surface area contributed by atoms with Crippen LogP contribution in [0.25, 0.3) is 17.1 Å². The van der Waals surface area contributed by atoms with E-state index < -0.39 is 53.0 Å². The quantitative estimate of drug-likeness (QED) is 0.134. The summed E-state index contributed by atoms with van der Waals surface area (Å²) in [5.74, 6) is -2.07. The zero-order valence-corrected chi connectivity index (χ0v) is 32.3. The van der Waals surface area contributed by atoms with Gasteiger partial charge in [-0.25, -0.2) is 14.8 Å². The summed E-state index contributed by atoms with van der Waals surface area (Å²) in [6.07, 6.45) is 4.84. The van der Waals surface area contributed by atoms with Gasteiger partial charge in [0.15, 0.2) is 0 Å². The minimum absolute atomic E-state index is 0.0432. The van der Waals surface area contributed by atoms with Gasteiger partial charge in [-0.2, -0.15) is 0 Å². The van der Waals surface area contributed by atoms with E-state index in [1.54, 1.807) is 57.1 Å². The summed E-state index contributed by atoms with van der Waals surface area (Å²) in [6, 6.07) is 4.10. The molecule has 12 nitrogen and oxygen atoms in total. The van der Waals surface area contributed by atoms with Crippen LogP contribution in [0.5, 0.6) is 11.6 Å². The highest BCUT2D eigenvalue weighted by molar-refractivity contribution is 5.90. The third-order valence-electron chi connectivity index (χ3n) is 9.84. The molecule has 0 unspecified atom stereocenters. The Morgan fingerprint density at radius 1 is 1.02 bits per heavy atom. The predicted molar refractivity (Wildman–Crippen MR) is 198 cm³/mol. The number of aromatic nitrogens is 2. The molecule has 2 aliphatic heterocycles. The zero-order valence-electron chi connectivity index (χ0n) is 32.3. The fraction of sp³-hybridized carbons (Fsp3) is 0.600. The van der Waals surface area contributed by atoms with Crippen molar-refractivity contribution in [3.05, 3.63) is 43.1 Å². The number of allylic oxidation sites excluding steroid dienone is 1. The number of hydrogen-bond acceptors (Lipinski definition) is 10. The van der Waals surface area contributed by atoms with Crippen molar-refractivity contribution in [1.82, 2.24) is 19.8 Å². The van der Waals surface area contributed by atoms with Crippen molar-refractivity contribution in [3.63, 3.8) is 0 Å². The van der Waals surface area contributed by atoms with Gasteiger partial charge in [0.2, 0.25) is 17.7 Å². The molecule has 2 fully saturated rings. The molecule has 52 heavy (non-hydrogen) atoms. The van der Waals surface area contributed by atoms with Crippen molar-refractivity contribution in [1.29, 1.82) is 0 Å². The first-order chi connectivity index (χ1) is 24.4. The molecular weight excluding hydrogens is 664 g/mol. The fourth-order valence-electron chi connectivity index (χ4n) is 7.07. The average molecular weight is 721 g/mol. The molecule has 4 rings (SSSR count). The Morgan fingerprint density at radius 2 is 1.73 bits per heavy atom. The molecule has 2 aromatic rings. The number of rotatable bonds is 13. The number of carbonyl (C=O) groups is 4. The monoisotopic (exact) mass is 720 g/mol. The van der Waals surface area contributed by atoms with Crippen molar-refractivity contribution in [3.8, 4) is 11.6 Å². The second-order valence-corrected chi connectivity index (χ2v) is 15.9. The van der Waals surface area contributed by atoms with Gasteiger partial charge in [0.25, 0.3) is 0 Å². The summed E-state index contributed by atoms with van der Waals surface area (Å²) < 4.78 is 23.7. The first-order valence-corrected chi connectivity index (χ1v) is 18.1. The summed E-state index contributed by atoms with van der Waals surface area (Å²) in [6.45, 7) is 22.6. The van der Waals surface area contributed by atoms with E-state index in [-0.39, 0.29) is 36.7 Å². The van der Waals surface area contributed by atoms with Gasteiger partial charge in [0.05, 0.1) is 43.1 Å². The summed E-state index contributed by atoms with van der Waals surface area (Å²) in [5.41, 5.74) is 0.0936. The lowest BCUT2D eigenvalue weighted by molar-refractivity contribution is -0.167. The van der Waals surface area contributed by atoms with E-state index in [1.807, 2.05) is 33.8 Å². The Morgan fingerprint density at radius 3 is 2.33 bits per heavy atom. The van der Waals surface area contributed by atoms with Crippen LogP contribution in [0.4, 0.5) is 0 Å². The van der Waals surface area contributed by atoms with Crippen molar-refractivity contribution in [2.75, 3.05) is 20.2 Å². The van der Waals surface area contributed by atoms with Crippen molar-refractivity contribution in [2.24, 2.45) is 17.3 Å². The fourth-order valence-corrected chi connectivity index (χ4v) is 7.07. The minimum atomic E-state index is -0.994. The lowest BCUT2D eigenvalue weighted by atomic mass is 9.77. The van der Waals surface area contributed by atoms with Crippen LogP contribution in [-0.4, -0.2) is 93.6 Å². The molecule has 0 radical (unpaired) electrons. The van der Waals surface area contributed by atoms with Gasteiger partial charge in [-0.3, -0.25) is 14.4 Å². The number of benzene rings is 1. The SMILES string of the molecule is C=CCCC[C@H]1[C@H](OC(=O)C[C@H](C(=O)N2C[C@H](Oc3nc4cc(OC)ccc4nc3C=C)[C@@H](C)[C@H]2C(=O)OC(C)(C)C)C(C)(C)C)CCN1C(C)=O. The number of carbonyl (C=O) groups excluding carboxylic acids is 4. The number of fused-ring (bicyclic) bond motifs is 1. The molecule has 0 saturated carbocycles. The topological polar surface area (TPSA) is 137 Å². The third kappa shape index (κ3) is 9.49. The van der Waals surface area contributed by atoms with Crippen LogP contribution >= 0.6 is 0 Å². The van der Waals surface area contributed by atoms with Crippen LogP contribution < -0.4 is 9.47 Å². The molecule has 2 saturated heterocycles. The predicted octanol–water partition coefficient (Wildman–Crippen LogP) is 6.16. The molecule has 6 atom stereocenters. The molecule has 12 heteroatoms. The van der Waals surface area contributed by atoms with Crippen LogP contribution in [-0.2, 0) is 28.7 Å². The van der Waals surface area contributed by atoms with Crippen LogP contribution in [0, 0.1) is 17.3 Å². The Hall–Kier alpha value is -4.48. The number of ether oxygens (including phenoxy) is 4. The number of esters is 2. The molecule has 0 spiro atoms. The first-order valence-electron chi connectivity index (χ1n) is 18.1. The standard InChI is InChI=1S/C40H56N4O8/c1-12-14-15-16-31-32(19-20-43(31)25(4)45)50-34(46)22-27(39(5,6)7)37(47)44-23-33(24(3)35(44)38(48)52-40(8,9)10)51-36-28(13-2)41-29-18-17-26(49-11)21-30(29)42-36/h12-13,17-18,21,24,27,31-33,35H,1-2,14-16,19-20,22-23H2,3-11H3/t24-,27-,31+,32-,33+,35+/m1/s1. The lowest BCUT2D eigenvalue weighted by Gasteiger charge is -2.35. The number of amides is 2. The summed E-state index contributed by atoms with van der Waals surface area (Å²) in [5, 5.41) is 0. The van der Waals surface area contributed by atoms with E-state index >= 15 is 0 Å². The first kappa shape index (κ1) is 40.3. The van der Waals surface area contributed by atoms with Crippen LogP contribution in [0.3, 0.4) is 0 Å². The summed E-state index contributed by atoms with van der Waals surface area (Å²) >= 11 is 0. The van der Waals surface area contributed by atoms with Crippen LogP contribution in [0.15, 0.2) is 37.4 Å². The molecule has 2 aliphatic rings. The van der Waals surface area contributed by atoms with Crippen LogP contribution in [0.2, 0.25) is 0 Å². The molecule has 1 aromatic heterocycles. The van der Waals surface area contributed by atoms with E-state index in [1.165, 1.54) is 11.8 Å². The molecule has 0 aliphatic carbocycles. The Bertz CT molecular complexity index is 1660. The molecule has 2 amide bonds. The van der Waals surface area contributed by atoms with E-state index in [9.17, 15) is 19.2 Å². The molecule has 1 aromatic carbocycles. The van der Waals surface area contributed by atoms with E-state index in [0.717, 1.165) is 12.8 Å². The Labute approximate surface area is 307 Å². The number of unbranched alkanes of at least 4 members (excludes halogenated alkanes) is 1. The smallest absolute Gasteiger partial charge is 0.329 e. The maximum atomic E-state index is 14.7. The maximum absolute atomic E-state index is 14.7.